The number of hydrogen-bond donors (Lipinski definition) is 3. The fourth-order valence-corrected chi connectivity index (χ4v) is 1.60. The second-order valence-electron chi connectivity index (χ2n) is 3.14. The molecule has 0 amide bonds. The standard InChI is InChI=1S/C10H14ClNO3.ClH/c1-15-8-3-2-6(7(12)4-5-13)9(11)10(8)14;/h2-3,7,13-14H,4-5,12H2,1H3;1H. The number of benzene rings is 1. The summed E-state index contributed by atoms with van der Waals surface area (Å²) in [6.45, 7) is -0.0235. The molecular formula is C10H15Cl2NO3. The lowest BCUT2D eigenvalue weighted by Crippen LogP contribution is -2.12. The van der Waals surface area contributed by atoms with Crippen LogP contribution in [0.4, 0.5) is 0 Å². The van der Waals surface area contributed by atoms with E-state index in [1.54, 1.807) is 12.1 Å². The minimum Gasteiger partial charge on any atom is -0.503 e. The fourth-order valence-electron chi connectivity index (χ4n) is 1.31. The summed E-state index contributed by atoms with van der Waals surface area (Å²) < 4.78 is 4.90. The molecule has 0 aliphatic heterocycles. The highest BCUT2D eigenvalue weighted by atomic mass is 35.5. The number of nitrogens with two attached hydrogens (primary N) is 1. The van der Waals surface area contributed by atoms with Crippen LogP contribution in [0.2, 0.25) is 5.02 Å². The van der Waals surface area contributed by atoms with Crippen molar-refractivity contribution < 1.29 is 14.9 Å². The molecule has 0 saturated carbocycles. The van der Waals surface area contributed by atoms with Crippen molar-refractivity contribution in [2.75, 3.05) is 13.7 Å². The Hall–Kier alpha value is -0.680. The number of aromatic hydroxyl groups is 1. The molecular weight excluding hydrogens is 253 g/mol. The third kappa shape index (κ3) is 3.15. The summed E-state index contributed by atoms with van der Waals surface area (Å²) in [4.78, 5) is 0. The first-order valence-electron chi connectivity index (χ1n) is 4.53. The maximum Gasteiger partial charge on any atom is 0.177 e. The van der Waals surface area contributed by atoms with Gasteiger partial charge in [0.25, 0.3) is 0 Å². The number of halogens is 2. The molecule has 1 aromatic carbocycles. The van der Waals surface area contributed by atoms with Gasteiger partial charge in [0, 0.05) is 12.6 Å². The monoisotopic (exact) mass is 267 g/mol. The van der Waals surface area contributed by atoms with E-state index in [1.807, 2.05) is 0 Å². The lowest BCUT2D eigenvalue weighted by molar-refractivity contribution is 0.276. The van der Waals surface area contributed by atoms with E-state index in [2.05, 4.69) is 0 Å². The molecule has 0 radical (unpaired) electrons. The van der Waals surface area contributed by atoms with Gasteiger partial charge >= 0.3 is 0 Å². The second kappa shape index (κ2) is 6.81. The smallest absolute Gasteiger partial charge is 0.177 e. The summed E-state index contributed by atoms with van der Waals surface area (Å²) in [5, 5.41) is 18.5. The first-order valence-corrected chi connectivity index (χ1v) is 4.91. The van der Waals surface area contributed by atoms with Gasteiger partial charge in [-0.2, -0.15) is 0 Å². The zero-order valence-electron chi connectivity index (χ0n) is 8.81. The Labute approximate surface area is 105 Å². The molecule has 0 aliphatic carbocycles. The van der Waals surface area contributed by atoms with Gasteiger partial charge in [-0.05, 0) is 18.1 Å². The Kier molecular flexibility index (Phi) is 6.52. The Balaban J connectivity index is 0.00000225. The third-order valence-electron chi connectivity index (χ3n) is 2.17. The van der Waals surface area contributed by atoms with E-state index in [4.69, 9.17) is 27.2 Å². The number of phenols is 1. The van der Waals surface area contributed by atoms with Crippen molar-refractivity contribution in [1.82, 2.24) is 0 Å². The minimum atomic E-state index is -0.390. The zero-order valence-corrected chi connectivity index (χ0v) is 10.4. The fraction of sp³-hybridized carbons (Fsp3) is 0.400. The molecule has 0 aliphatic rings. The summed E-state index contributed by atoms with van der Waals surface area (Å²) in [5.74, 6) is 0.185. The highest BCUT2D eigenvalue weighted by Crippen LogP contribution is 2.38. The molecule has 16 heavy (non-hydrogen) atoms. The number of aliphatic hydroxyl groups is 1. The molecule has 6 heteroatoms. The van der Waals surface area contributed by atoms with E-state index >= 15 is 0 Å². The van der Waals surface area contributed by atoms with Crippen LogP contribution >= 0.6 is 24.0 Å². The summed E-state index contributed by atoms with van der Waals surface area (Å²) in [6, 6.07) is 2.88. The minimum absolute atomic E-state index is 0. The van der Waals surface area contributed by atoms with Crippen LogP contribution < -0.4 is 10.5 Å². The first kappa shape index (κ1) is 15.3. The van der Waals surface area contributed by atoms with Crippen LogP contribution in [0.3, 0.4) is 0 Å². The van der Waals surface area contributed by atoms with Crippen molar-refractivity contribution in [2.24, 2.45) is 5.73 Å². The highest BCUT2D eigenvalue weighted by Gasteiger charge is 2.15. The topological polar surface area (TPSA) is 75.7 Å². The summed E-state index contributed by atoms with van der Waals surface area (Å²) in [5.41, 5.74) is 6.37. The van der Waals surface area contributed by atoms with E-state index in [9.17, 15) is 5.11 Å². The Morgan fingerprint density at radius 2 is 2.12 bits per heavy atom. The van der Waals surface area contributed by atoms with Gasteiger partial charge in [-0.3, -0.25) is 0 Å². The molecule has 1 rings (SSSR count). The maximum atomic E-state index is 9.62. The van der Waals surface area contributed by atoms with Crippen molar-refractivity contribution in [3.63, 3.8) is 0 Å². The van der Waals surface area contributed by atoms with Crippen LogP contribution in [0, 0.1) is 0 Å². The number of rotatable bonds is 4. The summed E-state index contributed by atoms with van der Waals surface area (Å²) in [6.07, 6.45) is 0.394. The van der Waals surface area contributed by atoms with Crippen LogP contribution in [0.15, 0.2) is 12.1 Å². The lowest BCUT2D eigenvalue weighted by atomic mass is 10.0. The molecule has 0 aromatic heterocycles. The summed E-state index contributed by atoms with van der Waals surface area (Å²) in [7, 11) is 1.44. The van der Waals surface area contributed by atoms with Crippen LogP contribution in [-0.2, 0) is 0 Å². The SMILES string of the molecule is COc1ccc(C(N)CCO)c(Cl)c1O.Cl. The number of methoxy groups -OCH3 is 1. The highest BCUT2D eigenvalue weighted by molar-refractivity contribution is 6.33. The van der Waals surface area contributed by atoms with Crippen molar-refractivity contribution in [3.8, 4) is 11.5 Å². The molecule has 4 N–H and O–H groups in total. The predicted octanol–water partition coefficient (Wildman–Crippen LogP) is 1.86. The van der Waals surface area contributed by atoms with Gasteiger partial charge in [0.05, 0.1) is 12.1 Å². The molecule has 1 aromatic rings. The van der Waals surface area contributed by atoms with Crippen molar-refractivity contribution in [3.05, 3.63) is 22.7 Å². The second-order valence-corrected chi connectivity index (χ2v) is 3.52. The summed E-state index contributed by atoms with van der Waals surface area (Å²) >= 11 is 5.92. The van der Waals surface area contributed by atoms with Crippen LogP contribution in [0.25, 0.3) is 0 Å². The van der Waals surface area contributed by atoms with Crippen LogP contribution in [0.1, 0.15) is 18.0 Å². The normalized spacial score (nSPS) is 11.8. The Bertz CT molecular complexity index is 347. The van der Waals surface area contributed by atoms with Crippen LogP contribution in [0.5, 0.6) is 11.5 Å². The zero-order chi connectivity index (χ0) is 11.4. The molecule has 1 atom stereocenters. The van der Waals surface area contributed by atoms with Gasteiger partial charge in [0.15, 0.2) is 11.5 Å². The third-order valence-corrected chi connectivity index (χ3v) is 2.57. The van der Waals surface area contributed by atoms with E-state index in [0.29, 0.717) is 17.7 Å². The van der Waals surface area contributed by atoms with E-state index < -0.39 is 0 Å². The van der Waals surface area contributed by atoms with E-state index in [1.165, 1.54) is 7.11 Å². The quantitative estimate of drug-likeness (QED) is 0.779. The predicted molar refractivity (Wildman–Crippen MR) is 65.5 cm³/mol. The van der Waals surface area contributed by atoms with Gasteiger partial charge in [-0.1, -0.05) is 17.7 Å². The first-order chi connectivity index (χ1) is 7.11. The Morgan fingerprint density at radius 1 is 1.50 bits per heavy atom. The van der Waals surface area contributed by atoms with E-state index in [-0.39, 0.29) is 35.8 Å². The number of hydrogen-bond acceptors (Lipinski definition) is 4. The van der Waals surface area contributed by atoms with Gasteiger partial charge < -0.3 is 20.7 Å². The van der Waals surface area contributed by atoms with E-state index in [0.717, 1.165) is 0 Å². The van der Waals surface area contributed by atoms with Crippen LogP contribution in [-0.4, -0.2) is 23.9 Å². The average Bonchev–Trinajstić information content (AvgIpc) is 2.22. The van der Waals surface area contributed by atoms with Gasteiger partial charge in [-0.25, -0.2) is 0 Å². The molecule has 92 valence electrons. The molecule has 0 saturated heterocycles. The molecule has 0 fully saturated rings. The number of ether oxygens (including phenoxy) is 1. The van der Waals surface area contributed by atoms with Gasteiger partial charge in [0.2, 0.25) is 0 Å². The molecule has 0 heterocycles. The lowest BCUT2D eigenvalue weighted by Gasteiger charge is -2.14. The molecule has 0 bridgehead atoms. The molecule has 4 nitrogen and oxygen atoms in total. The largest absolute Gasteiger partial charge is 0.503 e. The van der Waals surface area contributed by atoms with Crippen molar-refractivity contribution in [1.29, 1.82) is 0 Å². The van der Waals surface area contributed by atoms with Crippen molar-refractivity contribution >= 4 is 24.0 Å². The number of phenolic OH excluding ortho intramolecular Hbond substituents is 1. The van der Waals surface area contributed by atoms with Gasteiger partial charge in [-0.15, -0.1) is 12.4 Å². The number of aliphatic hydroxyl groups excluding tert-OH is 1. The molecule has 0 spiro atoms. The molecule has 1 unspecified atom stereocenters. The van der Waals surface area contributed by atoms with Gasteiger partial charge in [0.1, 0.15) is 0 Å². The Morgan fingerprint density at radius 3 is 2.62 bits per heavy atom. The van der Waals surface area contributed by atoms with Crippen molar-refractivity contribution in [2.45, 2.75) is 12.5 Å². The average molecular weight is 268 g/mol. The maximum absolute atomic E-state index is 9.62.